The van der Waals surface area contributed by atoms with Crippen LogP contribution in [0.15, 0.2) is 158 Å². The van der Waals surface area contributed by atoms with Crippen molar-refractivity contribution in [1.82, 2.24) is 5.32 Å². The summed E-state index contributed by atoms with van der Waals surface area (Å²) in [6, 6.07) is -0.881. The Kier molecular flexibility index (Phi) is 51.1. The number of phosphoric acid groups is 1. The summed E-state index contributed by atoms with van der Waals surface area (Å²) in [5.74, 6) is -0.227. The molecule has 0 bridgehead atoms. The molecule has 0 aliphatic heterocycles. The van der Waals surface area contributed by atoms with Gasteiger partial charge in [-0.25, -0.2) is 4.57 Å². The number of aliphatic hydroxyl groups is 1. The Labute approximate surface area is 454 Å². The molecule has 1 amide bonds. The Morgan fingerprint density at radius 1 is 0.473 bits per heavy atom. The summed E-state index contributed by atoms with van der Waals surface area (Å²) >= 11 is 0. The first kappa shape index (κ1) is 70.1. The topological polar surface area (TPSA) is 105 Å². The zero-order valence-electron chi connectivity index (χ0n) is 47.5. The van der Waals surface area contributed by atoms with Gasteiger partial charge in [0.1, 0.15) is 13.2 Å². The lowest BCUT2D eigenvalue weighted by molar-refractivity contribution is -0.870. The van der Waals surface area contributed by atoms with Gasteiger partial charge in [-0.2, -0.15) is 0 Å². The van der Waals surface area contributed by atoms with Gasteiger partial charge in [-0.05, 0) is 109 Å². The van der Waals surface area contributed by atoms with E-state index in [9.17, 15) is 19.4 Å². The second kappa shape index (κ2) is 53.9. The molecular weight excluding hydrogens is 936 g/mol. The summed E-state index contributed by atoms with van der Waals surface area (Å²) in [4.78, 5) is 23.2. The smallest absolute Gasteiger partial charge is 0.387 e. The van der Waals surface area contributed by atoms with Gasteiger partial charge in [0.05, 0.1) is 39.9 Å². The first-order chi connectivity index (χ1) is 36.0. The van der Waals surface area contributed by atoms with Gasteiger partial charge in [0.15, 0.2) is 0 Å². The molecule has 0 aromatic rings. The molecule has 0 saturated carbocycles. The number of amides is 1. The number of allylic oxidation sites excluding steroid dienone is 25. The number of likely N-dealkylation sites (N-methyl/N-ethyl adjacent to an activating group) is 1. The van der Waals surface area contributed by atoms with Crippen molar-refractivity contribution < 1.29 is 32.9 Å². The minimum Gasteiger partial charge on any atom is -0.387 e. The minimum atomic E-state index is -4.37. The fraction of sp³-hybridized carbons (Fsp3) is 0.585. The van der Waals surface area contributed by atoms with Gasteiger partial charge in [0.25, 0.3) is 0 Å². The standard InChI is InChI=1S/C65H107N2O6P/c1-6-8-10-12-14-16-18-20-21-22-23-24-25-26-27-28-29-30-31-32-33-34-35-36-37-38-39-40-41-42-43-44-45-47-49-51-53-55-57-59-65(69)66-63(62-73-74(70,71)72-61-60-67(3,4)5)64(68)58-56-54-52-50-48-46-19-17-15-13-11-9-7-2/h8,10,14,16,20-21,23-24,26-27,29-30,32-33,35-36,38-39,41-42,44-45,49,51,56,58,63-64,68H,6-7,9,11-13,15,17-19,22,25,28,31,34,37,40,43,46-48,50,52-55,57,59-62H2,1-5H3,(H-,66,69,70,71)/p+1/b10-8-,16-14-,21-20-,24-23-,27-26-,30-29-,33-32-,36-35-,39-38-,42-41-,45-44-,51-49-,58-56+. The number of unbranched alkanes of at least 4 members (excludes halogenated alkanes) is 13. The molecule has 0 aromatic heterocycles. The third kappa shape index (κ3) is 55.9. The number of quaternary nitrogens is 1. The van der Waals surface area contributed by atoms with Gasteiger partial charge in [-0.15, -0.1) is 0 Å². The van der Waals surface area contributed by atoms with Crippen LogP contribution in [-0.2, 0) is 18.4 Å². The second-order valence-corrected chi connectivity index (χ2v) is 21.4. The molecule has 3 N–H and O–H groups in total. The minimum absolute atomic E-state index is 0.0442. The number of phosphoric ester groups is 1. The normalized spacial score (nSPS) is 15.1. The Balaban J connectivity index is 4.26. The molecule has 418 valence electrons. The molecule has 0 spiro atoms. The summed E-state index contributed by atoms with van der Waals surface area (Å²) in [6.45, 7) is 4.63. The van der Waals surface area contributed by atoms with Gasteiger partial charge in [0, 0.05) is 6.42 Å². The maximum Gasteiger partial charge on any atom is 0.472 e. The summed E-state index contributed by atoms with van der Waals surface area (Å²) in [7, 11) is 1.52. The molecule has 3 atom stereocenters. The van der Waals surface area contributed by atoms with E-state index in [4.69, 9.17) is 9.05 Å². The van der Waals surface area contributed by atoms with Crippen molar-refractivity contribution in [3.05, 3.63) is 158 Å². The second-order valence-electron chi connectivity index (χ2n) is 19.9. The fourth-order valence-electron chi connectivity index (χ4n) is 7.26. The molecule has 0 saturated heterocycles. The quantitative estimate of drug-likeness (QED) is 0.0243. The lowest BCUT2D eigenvalue weighted by atomic mass is 10.0. The highest BCUT2D eigenvalue weighted by molar-refractivity contribution is 7.47. The lowest BCUT2D eigenvalue weighted by Gasteiger charge is -2.25. The van der Waals surface area contributed by atoms with Crippen LogP contribution in [0, 0.1) is 0 Å². The number of hydrogen-bond acceptors (Lipinski definition) is 5. The number of carbonyl (C=O) groups is 1. The first-order valence-corrected chi connectivity index (χ1v) is 30.4. The van der Waals surface area contributed by atoms with Crippen molar-refractivity contribution in [2.24, 2.45) is 0 Å². The van der Waals surface area contributed by atoms with Crippen molar-refractivity contribution >= 4 is 13.7 Å². The highest BCUT2D eigenvalue weighted by atomic mass is 31.2. The Morgan fingerprint density at radius 3 is 1.19 bits per heavy atom. The predicted octanol–water partition coefficient (Wildman–Crippen LogP) is 17.9. The first-order valence-electron chi connectivity index (χ1n) is 28.9. The van der Waals surface area contributed by atoms with Crippen LogP contribution in [-0.4, -0.2) is 73.4 Å². The van der Waals surface area contributed by atoms with Gasteiger partial charge >= 0.3 is 7.82 Å². The largest absolute Gasteiger partial charge is 0.472 e. The number of aliphatic hydroxyl groups excluding tert-OH is 1. The van der Waals surface area contributed by atoms with Crippen LogP contribution >= 0.6 is 7.82 Å². The Morgan fingerprint density at radius 2 is 0.811 bits per heavy atom. The summed E-state index contributed by atoms with van der Waals surface area (Å²) in [5.41, 5.74) is 0. The lowest BCUT2D eigenvalue weighted by Crippen LogP contribution is -2.45. The zero-order chi connectivity index (χ0) is 54.2. The van der Waals surface area contributed by atoms with Gasteiger partial charge in [0.2, 0.25) is 5.91 Å². The van der Waals surface area contributed by atoms with Crippen LogP contribution in [0.1, 0.15) is 194 Å². The van der Waals surface area contributed by atoms with Gasteiger partial charge < -0.3 is 19.8 Å². The van der Waals surface area contributed by atoms with Crippen molar-refractivity contribution in [3.63, 3.8) is 0 Å². The van der Waals surface area contributed by atoms with E-state index in [1.54, 1.807) is 6.08 Å². The van der Waals surface area contributed by atoms with Crippen LogP contribution in [0.4, 0.5) is 0 Å². The highest BCUT2D eigenvalue weighted by Gasteiger charge is 2.27. The van der Waals surface area contributed by atoms with Crippen molar-refractivity contribution in [2.45, 2.75) is 206 Å². The third-order valence-corrected chi connectivity index (χ3v) is 12.7. The number of nitrogens with one attached hydrogen (secondary N) is 1. The highest BCUT2D eigenvalue weighted by Crippen LogP contribution is 2.43. The van der Waals surface area contributed by atoms with E-state index in [1.165, 1.54) is 57.8 Å². The Bertz CT molecular complexity index is 1750. The maximum atomic E-state index is 12.9. The molecule has 8 nitrogen and oxygen atoms in total. The molecule has 74 heavy (non-hydrogen) atoms. The number of rotatable bonds is 50. The van der Waals surface area contributed by atoms with E-state index in [-0.39, 0.29) is 19.1 Å². The van der Waals surface area contributed by atoms with Crippen molar-refractivity contribution in [3.8, 4) is 0 Å². The fourth-order valence-corrected chi connectivity index (χ4v) is 7.99. The van der Waals surface area contributed by atoms with Gasteiger partial charge in [-0.3, -0.25) is 13.8 Å². The molecule has 3 unspecified atom stereocenters. The van der Waals surface area contributed by atoms with E-state index in [2.05, 4.69) is 165 Å². The summed E-state index contributed by atoms with van der Waals surface area (Å²) in [5, 5.41) is 13.8. The third-order valence-electron chi connectivity index (χ3n) is 11.8. The molecular formula is C65H108N2O6P+. The van der Waals surface area contributed by atoms with Gasteiger partial charge in [-0.1, -0.05) is 236 Å². The van der Waals surface area contributed by atoms with Crippen molar-refractivity contribution in [2.75, 3.05) is 40.9 Å². The molecule has 0 aliphatic carbocycles. The monoisotopic (exact) mass is 1040 g/mol. The van der Waals surface area contributed by atoms with E-state index in [0.29, 0.717) is 23.9 Å². The van der Waals surface area contributed by atoms with Crippen LogP contribution in [0.5, 0.6) is 0 Å². The zero-order valence-corrected chi connectivity index (χ0v) is 48.4. The van der Waals surface area contributed by atoms with Crippen LogP contribution in [0.3, 0.4) is 0 Å². The number of carbonyl (C=O) groups excluding carboxylic acids is 1. The van der Waals surface area contributed by atoms with Crippen LogP contribution < -0.4 is 5.32 Å². The number of hydrogen-bond donors (Lipinski definition) is 3. The van der Waals surface area contributed by atoms with E-state index in [1.807, 2.05) is 27.2 Å². The molecule has 0 radical (unpaired) electrons. The molecule has 0 heterocycles. The Hall–Kier alpha value is -3.88. The average molecular weight is 1040 g/mol. The maximum absolute atomic E-state index is 12.9. The molecule has 0 fully saturated rings. The van der Waals surface area contributed by atoms with Crippen LogP contribution in [0.2, 0.25) is 0 Å². The average Bonchev–Trinajstić information content (AvgIpc) is 3.36. The van der Waals surface area contributed by atoms with E-state index >= 15 is 0 Å². The SMILES string of the molecule is CC/C=C\C/C=C\C/C=C\C/C=C\C/C=C\C/C=C\C/C=C\C/C=C\C/C=C\C/C=C\C/C=C\C/C=C\CCCCC(=O)NC(COP(=O)(O)OCC[N+](C)(C)C)C(O)/C=C/CCCCCCCCCCCCC. The van der Waals surface area contributed by atoms with Crippen LogP contribution in [0.25, 0.3) is 0 Å². The van der Waals surface area contributed by atoms with Crippen molar-refractivity contribution in [1.29, 1.82) is 0 Å². The van der Waals surface area contributed by atoms with E-state index in [0.717, 1.165) is 109 Å². The summed E-state index contributed by atoms with van der Waals surface area (Å²) in [6.07, 6.45) is 84.9. The number of nitrogens with zero attached hydrogens (tertiary/aromatic N) is 1. The summed E-state index contributed by atoms with van der Waals surface area (Å²) < 4.78 is 23.6. The molecule has 0 rings (SSSR count). The predicted molar refractivity (Wildman–Crippen MR) is 322 cm³/mol. The molecule has 0 aromatic carbocycles. The molecule has 9 heteroatoms. The van der Waals surface area contributed by atoms with E-state index < -0.39 is 20.0 Å². The molecule has 0 aliphatic rings.